The highest BCUT2D eigenvalue weighted by Gasteiger charge is 2.29. The Bertz CT molecular complexity index is 391. The van der Waals surface area contributed by atoms with E-state index < -0.39 is 0 Å². The number of nitrogens with zero attached hydrogens (tertiary/aromatic N) is 2. The minimum atomic E-state index is 0.385. The zero-order valence-electron chi connectivity index (χ0n) is 10.6. The predicted molar refractivity (Wildman–Crippen MR) is 72.1 cm³/mol. The molecule has 1 aromatic rings. The lowest BCUT2D eigenvalue weighted by Crippen LogP contribution is -2.39. The summed E-state index contributed by atoms with van der Waals surface area (Å²) in [7, 11) is 4.42. The third-order valence-electron chi connectivity index (χ3n) is 4.01. The zero-order chi connectivity index (χ0) is 12.0. The van der Waals surface area contributed by atoms with Crippen LogP contribution in [0.4, 0.5) is 0 Å². The molecule has 3 rings (SSSR count). The van der Waals surface area contributed by atoms with Crippen LogP contribution in [-0.4, -0.2) is 36.5 Å². The average molecular weight is 251 g/mol. The monoisotopic (exact) mass is 251 g/mol. The minimum Gasteiger partial charge on any atom is -0.328 e. The highest BCUT2D eigenvalue weighted by molar-refractivity contribution is 7.12. The van der Waals surface area contributed by atoms with Gasteiger partial charge in [0.2, 0.25) is 0 Å². The van der Waals surface area contributed by atoms with E-state index in [9.17, 15) is 0 Å². The summed E-state index contributed by atoms with van der Waals surface area (Å²) in [5.74, 6) is 0. The van der Waals surface area contributed by atoms with Gasteiger partial charge in [0.1, 0.15) is 0 Å². The van der Waals surface area contributed by atoms with Crippen LogP contribution in [0.2, 0.25) is 0 Å². The Hall–Kier alpha value is -0.420. The molecule has 0 amide bonds. The quantitative estimate of drug-likeness (QED) is 0.826. The maximum atomic E-state index is 6.11. The summed E-state index contributed by atoms with van der Waals surface area (Å²) in [6.45, 7) is 3.38. The number of rotatable bonds is 1. The average Bonchev–Trinajstić information content (AvgIpc) is 2.78. The second kappa shape index (κ2) is 4.35. The van der Waals surface area contributed by atoms with E-state index in [1.807, 2.05) is 11.3 Å². The number of hydrogen-bond donors (Lipinski definition) is 1. The van der Waals surface area contributed by atoms with E-state index in [2.05, 4.69) is 30.0 Å². The standard InChI is InChI=1S/C13H21N3S/c1-15-7-9-5-12(17-13(9)8-15)11-6-10(14)3-4-16(11)2/h5,10-11H,3-4,6-8,14H2,1-2H3. The highest BCUT2D eigenvalue weighted by atomic mass is 32.1. The van der Waals surface area contributed by atoms with Crippen LogP contribution < -0.4 is 5.73 Å². The third-order valence-corrected chi connectivity index (χ3v) is 5.27. The summed E-state index contributed by atoms with van der Waals surface area (Å²) in [5.41, 5.74) is 7.65. The fraction of sp³-hybridized carbons (Fsp3) is 0.692. The van der Waals surface area contributed by atoms with Crippen LogP contribution in [0.1, 0.15) is 34.2 Å². The first-order valence-electron chi connectivity index (χ1n) is 6.39. The normalized spacial score (nSPS) is 30.8. The summed E-state index contributed by atoms with van der Waals surface area (Å²) in [4.78, 5) is 7.94. The van der Waals surface area contributed by atoms with Crippen LogP contribution in [0, 0.1) is 0 Å². The number of hydrogen-bond acceptors (Lipinski definition) is 4. The lowest BCUT2D eigenvalue weighted by atomic mass is 9.97. The molecule has 0 aliphatic carbocycles. The fourth-order valence-corrected chi connectivity index (χ4v) is 4.39. The Morgan fingerprint density at radius 2 is 2.18 bits per heavy atom. The van der Waals surface area contributed by atoms with Crippen LogP contribution >= 0.6 is 11.3 Å². The molecule has 2 unspecified atom stereocenters. The van der Waals surface area contributed by atoms with E-state index >= 15 is 0 Å². The van der Waals surface area contributed by atoms with Gasteiger partial charge in [0, 0.05) is 34.9 Å². The second-order valence-electron chi connectivity index (χ2n) is 5.55. The van der Waals surface area contributed by atoms with Gasteiger partial charge in [0.15, 0.2) is 0 Å². The van der Waals surface area contributed by atoms with Crippen LogP contribution in [0.3, 0.4) is 0 Å². The lowest BCUT2D eigenvalue weighted by molar-refractivity contribution is 0.174. The van der Waals surface area contributed by atoms with Crippen molar-refractivity contribution in [2.75, 3.05) is 20.6 Å². The molecule has 1 saturated heterocycles. The Morgan fingerprint density at radius 1 is 1.35 bits per heavy atom. The van der Waals surface area contributed by atoms with Gasteiger partial charge in [-0.2, -0.15) is 0 Å². The molecule has 0 aromatic carbocycles. The van der Waals surface area contributed by atoms with Crippen LogP contribution in [0.25, 0.3) is 0 Å². The zero-order valence-corrected chi connectivity index (χ0v) is 11.5. The summed E-state index contributed by atoms with van der Waals surface area (Å²) in [6.07, 6.45) is 2.26. The molecule has 1 fully saturated rings. The lowest BCUT2D eigenvalue weighted by Gasteiger charge is -2.35. The van der Waals surface area contributed by atoms with Gasteiger partial charge in [-0.15, -0.1) is 11.3 Å². The molecule has 3 nitrogen and oxygen atoms in total. The Kier molecular flexibility index (Phi) is 2.99. The van der Waals surface area contributed by atoms with E-state index in [0.717, 1.165) is 32.5 Å². The van der Waals surface area contributed by atoms with Crippen molar-refractivity contribution >= 4 is 11.3 Å². The third kappa shape index (κ3) is 2.15. The summed E-state index contributed by atoms with van der Waals surface area (Å²) < 4.78 is 0. The molecule has 1 aromatic heterocycles. The molecule has 0 bridgehead atoms. The highest BCUT2D eigenvalue weighted by Crippen LogP contribution is 2.38. The number of nitrogens with two attached hydrogens (primary N) is 1. The first-order valence-corrected chi connectivity index (χ1v) is 7.21. The smallest absolute Gasteiger partial charge is 0.0453 e. The molecule has 3 heterocycles. The molecular weight excluding hydrogens is 230 g/mol. The number of thiophene rings is 1. The molecule has 0 saturated carbocycles. The van der Waals surface area contributed by atoms with Gasteiger partial charge in [-0.05, 0) is 45.1 Å². The van der Waals surface area contributed by atoms with Crippen molar-refractivity contribution < 1.29 is 0 Å². The molecule has 2 aliphatic heterocycles. The van der Waals surface area contributed by atoms with Gasteiger partial charge in [-0.25, -0.2) is 0 Å². The van der Waals surface area contributed by atoms with Crippen molar-refractivity contribution in [2.24, 2.45) is 5.73 Å². The van der Waals surface area contributed by atoms with Crippen LogP contribution in [0.5, 0.6) is 0 Å². The second-order valence-corrected chi connectivity index (χ2v) is 6.72. The molecule has 2 atom stereocenters. The van der Waals surface area contributed by atoms with E-state index in [0.29, 0.717) is 12.1 Å². The van der Waals surface area contributed by atoms with Gasteiger partial charge in [-0.3, -0.25) is 9.80 Å². The van der Waals surface area contributed by atoms with Crippen molar-refractivity contribution in [3.63, 3.8) is 0 Å². The maximum absolute atomic E-state index is 6.11. The molecule has 0 radical (unpaired) electrons. The summed E-state index contributed by atoms with van der Waals surface area (Å²) in [5, 5.41) is 0. The molecule has 17 heavy (non-hydrogen) atoms. The topological polar surface area (TPSA) is 32.5 Å². The Balaban J connectivity index is 1.82. The molecule has 2 aliphatic rings. The van der Waals surface area contributed by atoms with E-state index in [1.165, 1.54) is 4.88 Å². The minimum absolute atomic E-state index is 0.385. The van der Waals surface area contributed by atoms with Gasteiger partial charge < -0.3 is 5.73 Å². The van der Waals surface area contributed by atoms with Crippen LogP contribution in [-0.2, 0) is 13.1 Å². The van der Waals surface area contributed by atoms with Crippen molar-refractivity contribution in [1.82, 2.24) is 9.80 Å². The van der Waals surface area contributed by atoms with Gasteiger partial charge in [-0.1, -0.05) is 0 Å². The SMILES string of the molecule is CN1Cc2cc(C3CC(N)CCN3C)sc2C1. The molecule has 4 heteroatoms. The van der Waals surface area contributed by atoms with E-state index in [-0.39, 0.29) is 0 Å². The number of piperidine rings is 1. The Morgan fingerprint density at radius 3 is 2.94 bits per heavy atom. The first-order chi connectivity index (χ1) is 8.13. The van der Waals surface area contributed by atoms with Gasteiger partial charge in [0.25, 0.3) is 0 Å². The van der Waals surface area contributed by atoms with Crippen molar-refractivity contribution in [1.29, 1.82) is 0 Å². The van der Waals surface area contributed by atoms with Crippen molar-refractivity contribution in [3.8, 4) is 0 Å². The number of fused-ring (bicyclic) bond motifs is 1. The summed E-state index contributed by atoms with van der Waals surface area (Å²) >= 11 is 2.00. The van der Waals surface area contributed by atoms with Crippen molar-refractivity contribution in [2.45, 2.75) is 38.0 Å². The van der Waals surface area contributed by atoms with Crippen LogP contribution in [0.15, 0.2) is 6.07 Å². The van der Waals surface area contributed by atoms with Gasteiger partial charge in [0.05, 0.1) is 0 Å². The summed E-state index contributed by atoms with van der Waals surface area (Å²) in [6, 6.07) is 3.36. The fourth-order valence-electron chi connectivity index (χ4n) is 2.96. The van der Waals surface area contributed by atoms with E-state index in [4.69, 9.17) is 5.73 Å². The van der Waals surface area contributed by atoms with E-state index in [1.54, 1.807) is 10.4 Å². The Labute approximate surface area is 107 Å². The molecular formula is C13H21N3S. The first kappa shape index (κ1) is 11.7. The predicted octanol–water partition coefficient (Wildman–Crippen LogP) is 1.79. The maximum Gasteiger partial charge on any atom is 0.0453 e. The van der Waals surface area contributed by atoms with Crippen molar-refractivity contribution in [3.05, 3.63) is 21.4 Å². The number of likely N-dealkylation sites (tertiary alicyclic amines) is 1. The molecule has 94 valence electrons. The van der Waals surface area contributed by atoms with Gasteiger partial charge >= 0.3 is 0 Å². The molecule has 2 N–H and O–H groups in total. The largest absolute Gasteiger partial charge is 0.328 e. The molecule has 0 spiro atoms.